The van der Waals surface area contributed by atoms with Crippen LogP contribution in [0, 0.1) is 0 Å². The van der Waals surface area contributed by atoms with E-state index in [2.05, 4.69) is 181 Å². The van der Waals surface area contributed by atoms with Crippen molar-refractivity contribution >= 4 is 32.8 Å². The van der Waals surface area contributed by atoms with Crippen LogP contribution in [0.2, 0.25) is 0 Å². The predicted molar refractivity (Wildman–Crippen MR) is 223 cm³/mol. The number of para-hydroxylation sites is 5. The van der Waals surface area contributed by atoms with Crippen molar-refractivity contribution in [3.63, 3.8) is 0 Å². The van der Waals surface area contributed by atoms with E-state index in [9.17, 15) is 0 Å². The summed E-state index contributed by atoms with van der Waals surface area (Å²) in [5.74, 6) is 2.64. The molecule has 55 heavy (non-hydrogen) atoms. The fourth-order valence-electron chi connectivity index (χ4n) is 8.56. The van der Waals surface area contributed by atoms with Gasteiger partial charge in [-0.25, -0.2) is 9.97 Å². The second-order valence-corrected chi connectivity index (χ2v) is 14.8. The van der Waals surface area contributed by atoms with Crippen molar-refractivity contribution in [1.82, 2.24) is 29.1 Å². The number of benzene rings is 7. The third kappa shape index (κ3) is 4.81. The minimum absolute atomic E-state index is 0.161. The Labute approximate surface area is 318 Å². The summed E-state index contributed by atoms with van der Waals surface area (Å²) in [6.07, 6.45) is 0. The van der Waals surface area contributed by atoms with Crippen LogP contribution in [0.4, 0.5) is 0 Å². The van der Waals surface area contributed by atoms with Gasteiger partial charge >= 0.3 is 0 Å². The van der Waals surface area contributed by atoms with Crippen LogP contribution in [0.3, 0.4) is 0 Å². The minimum Gasteiger partial charge on any atom is -0.292 e. The van der Waals surface area contributed by atoms with Crippen molar-refractivity contribution < 1.29 is 0 Å². The number of aromatic nitrogens is 6. The number of hydrogen-bond acceptors (Lipinski definition) is 4. The van der Waals surface area contributed by atoms with Gasteiger partial charge in [-0.05, 0) is 70.8 Å². The summed E-state index contributed by atoms with van der Waals surface area (Å²) in [4.78, 5) is 21.0. The highest BCUT2D eigenvalue weighted by Gasteiger charge is 2.35. The van der Waals surface area contributed by atoms with Crippen LogP contribution in [0.1, 0.15) is 25.0 Å². The van der Waals surface area contributed by atoms with E-state index < -0.39 is 0 Å². The molecule has 1 aliphatic carbocycles. The van der Waals surface area contributed by atoms with Gasteiger partial charge in [-0.2, -0.15) is 9.97 Å². The minimum atomic E-state index is -0.161. The van der Waals surface area contributed by atoms with Gasteiger partial charge in [0.15, 0.2) is 11.6 Å². The third-order valence-corrected chi connectivity index (χ3v) is 11.2. The number of hydrogen-bond donors (Lipinski definition) is 0. The fourth-order valence-corrected chi connectivity index (χ4v) is 8.56. The maximum atomic E-state index is 5.28. The van der Waals surface area contributed by atoms with Crippen LogP contribution in [0.15, 0.2) is 170 Å². The van der Waals surface area contributed by atoms with E-state index in [0.717, 1.165) is 61.0 Å². The summed E-state index contributed by atoms with van der Waals surface area (Å²) in [6.45, 7) is 4.61. The zero-order valence-corrected chi connectivity index (χ0v) is 30.3. The molecule has 0 saturated carbocycles. The fraction of sp³-hybridized carbons (Fsp3) is 0.0612. The Kier molecular flexibility index (Phi) is 6.79. The van der Waals surface area contributed by atoms with Crippen LogP contribution in [-0.4, -0.2) is 29.1 Å². The molecule has 0 spiro atoms. The summed E-state index contributed by atoms with van der Waals surface area (Å²) >= 11 is 0. The highest BCUT2D eigenvalue weighted by Crippen LogP contribution is 2.49. The zero-order chi connectivity index (χ0) is 36.7. The zero-order valence-electron chi connectivity index (χ0n) is 30.3. The van der Waals surface area contributed by atoms with Crippen molar-refractivity contribution in [3.05, 3.63) is 181 Å². The lowest BCUT2D eigenvalue weighted by molar-refractivity contribution is 0.660. The van der Waals surface area contributed by atoms with Crippen molar-refractivity contribution in [2.75, 3.05) is 0 Å². The lowest BCUT2D eigenvalue weighted by atomic mass is 9.82. The number of fused-ring (bicyclic) bond motifs is 7. The Morgan fingerprint density at radius 1 is 0.418 bits per heavy atom. The maximum Gasteiger partial charge on any atom is 0.238 e. The van der Waals surface area contributed by atoms with E-state index >= 15 is 0 Å². The first-order valence-corrected chi connectivity index (χ1v) is 18.7. The molecule has 0 fully saturated rings. The quantitative estimate of drug-likeness (QED) is 0.179. The molecule has 0 radical (unpaired) electrons. The first kappa shape index (κ1) is 31.4. The molecule has 1 aliphatic rings. The van der Waals surface area contributed by atoms with Gasteiger partial charge in [-0.15, -0.1) is 0 Å². The molecular weight excluding hydrogens is 673 g/mol. The Balaban J connectivity index is 1.14. The van der Waals surface area contributed by atoms with E-state index in [4.69, 9.17) is 19.9 Å². The highest BCUT2D eigenvalue weighted by atomic mass is 15.2. The Hall–Kier alpha value is -7.18. The normalized spacial score (nSPS) is 13.1. The molecule has 0 atom stereocenters. The SMILES string of the molecule is CC1(C)c2ccccc2-c2ccc(-c3nc(-c4cccc(-c5nc6ccccc6n5-c5ccccc5)c4)nc(-n4c5ccccc5c5ccccc54)n3)cc21. The second-order valence-electron chi connectivity index (χ2n) is 14.8. The van der Waals surface area contributed by atoms with Gasteiger partial charge in [0.05, 0.1) is 22.1 Å². The predicted octanol–water partition coefficient (Wildman–Crippen LogP) is 11.6. The summed E-state index contributed by atoms with van der Waals surface area (Å²) in [5, 5.41) is 2.31. The van der Waals surface area contributed by atoms with Gasteiger partial charge in [-0.1, -0.05) is 135 Å². The molecule has 0 unspecified atom stereocenters. The number of nitrogens with zero attached hydrogens (tertiary/aromatic N) is 6. The molecule has 6 heteroatoms. The van der Waals surface area contributed by atoms with Crippen LogP contribution in [0.5, 0.6) is 0 Å². The van der Waals surface area contributed by atoms with E-state index in [1.807, 2.05) is 12.1 Å². The molecule has 10 aromatic rings. The van der Waals surface area contributed by atoms with Gasteiger partial charge in [0.2, 0.25) is 5.95 Å². The molecule has 3 heterocycles. The van der Waals surface area contributed by atoms with Crippen LogP contribution >= 0.6 is 0 Å². The van der Waals surface area contributed by atoms with Gasteiger partial charge in [0.25, 0.3) is 0 Å². The largest absolute Gasteiger partial charge is 0.292 e. The smallest absolute Gasteiger partial charge is 0.238 e. The molecule has 0 aliphatic heterocycles. The molecule has 3 aromatic heterocycles. The molecule has 0 N–H and O–H groups in total. The van der Waals surface area contributed by atoms with Crippen molar-refractivity contribution in [1.29, 1.82) is 0 Å². The van der Waals surface area contributed by atoms with Gasteiger partial charge in [0, 0.05) is 38.6 Å². The van der Waals surface area contributed by atoms with Crippen LogP contribution in [-0.2, 0) is 5.41 Å². The summed E-state index contributed by atoms with van der Waals surface area (Å²) in [7, 11) is 0. The topological polar surface area (TPSA) is 61.4 Å². The monoisotopic (exact) mass is 706 g/mol. The van der Waals surface area contributed by atoms with E-state index in [1.165, 1.54) is 22.3 Å². The lowest BCUT2D eigenvalue weighted by Gasteiger charge is -2.21. The molecular formula is C49H34N6. The summed E-state index contributed by atoms with van der Waals surface area (Å²) in [6, 6.07) is 59.4. The van der Waals surface area contributed by atoms with E-state index in [0.29, 0.717) is 17.6 Å². The van der Waals surface area contributed by atoms with Crippen molar-refractivity contribution in [2.24, 2.45) is 0 Å². The van der Waals surface area contributed by atoms with Crippen molar-refractivity contribution in [3.8, 4) is 56.9 Å². The molecule has 7 aromatic carbocycles. The summed E-state index contributed by atoms with van der Waals surface area (Å²) < 4.78 is 4.40. The van der Waals surface area contributed by atoms with Gasteiger partial charge in [-0.3, -0.25) is 9.13 Å². The van der Waals surface area contributed by atoms with E-state index in [-0.39, 0.29) is 5.41 Å². The van der Waals surface area contributed by atoms with Crippen LogP contribution < -0.4 is 0 Å². The average molecular weight is 707 g/mol. The highest BCUT2D eigenvalue weighted by molar-refractivity contribution is 6.09. The second kappa shape index (κ2) is 11.9. The standard InChI is InChI=1S/C49H34N6/c1-49(2)39-22-9-6-19-35(39)36-28-27-32(30-40(36)49)46-51-45(52-48(53-46)55-42-24-11-7-20-37(42)38-21-8-12-25-43(38)55)31-15-14-16-33(29-31)47-50-41-23-10-13-26-44(41)54(47)34-17-4-3-5-18-34/h3-30H,1-2H3. The summed E-state index contributed by atoms with van der Waals surface area (Å²) in [5.41, 5.74) is 12.9. The molecule has 0 amide bonds. The Morgan fingerprint density at radius 2 is 1.02 bits per heavy atom. The molecule has 6 nitrogen and oxygen atoms in total. The molecule has 260 valence electrons. The first-order chi connectivity index (χ1) is 27.0. The van der Waals surface area contributed by atoms with Gasteiger partial charge < -0.3 is 0 Å². The lowest BCUT2D eigenvalue weighted by Crippen LogP contribution is -2.15. The van der Waals surface area contributed by atoms with Crippen molar-refractivity contribution in [2.45, 2.75) is 19.3 Å². The number of imidazole rings is 1. The molecule has 0 bridgehead atoms. The Bertz CT molecular complexity index is 3080. The van der Waals surface area contributed by atoms with Crippen LogP contribution in [0.25, 0.3) is 89.8 Å². The third-order valence-electron chi connectivity index (χ3n) is 11.2. The number of rotatable bonds is 5. The maximum absolute atomic E-state index is 5.28. The van der Waals surface area contributed by atoms with E-state index in [1.54, 1.807) is 0 Å². The van der Waals surface area contributed by atoms with Gasteiger partial charge in [0.1, 0.15) is 5.82 Å². The Morgan fingerprint density at radius 3 is 1.78 bits per heavy atom. The first-order valence-electron chi connectivity index (χ1n) is 18.7. The molecule has 0 saturated heterocycles. The molecule has 11 rings (SSSR count). The average Bonchev–Trinajstić information content (AvgIpc) is 3.87.